The topological polar surface area (TPSA) is 320 Å². The number of aromatic amines is 1. The van der Waals surface area contributed by atoms with Crippen molar-refractivity contribution in [3.05, 3.63) is 62.7 Å². The van der Waals surface area contributed by atoms with Crippen molar-refractivity contribution in [1.29, 1.82) is 0 Å². The van der Waals surface area contributed by atoms with Gasteiger partial charge in [0, 0.05) is 36.7 Å². The van der Waals surface area contributed by atoms with Crippen LogP contribution in [0.5, 0.6) is 0 Å². The van der Waals surface area contributed by atoms with Crippen LogP contribution in [0.3, 0.4) is 0 Å². The van der Waals surface area contributed by atoms with E-state index < -0.39 is 53.3 Å². The Kier molecular flexibility index (Phi) is 22.8. The zero-order valence-corrected chi connectivity index (χ0v) is 33.7. The number of carbonyl (C=O) groups excluding carboxylic acids is 4. The third kappa shape index (κ3) is 16.6. The van der Waals surface area contributed by atoms with Gasteiger partial charge in [0.1, 0.15) is 6.04 Å². The van der Waals surface area contributed by atoms with Crippen molar-refractivity contribution < 1.29 is 86.1 Å². The predicted molar refractivity (Wildman–Crippen MR) is 184 cm³/mol. The van der Waals surface area contributed by atoms with Gasteiger partial charge in [-0.3, -0.25) is 24.2 Å². The Morgan fingerprint density at radius 1 is 0.981 bits per heavy atom. The number of rotatable bonds is 21. The number of H-pyrrole nitrogens is 1. The molecule has 0 saturated carbocycles. The van der Waals surface area contributed by atoms with Gasteiger partial charge in [-0.15, -0.1) is 6.04 Å². The van der Waals surface area contributed by atoms with E-state index in [9.17, 15) is 39.0 Å². The Hall–Kier alpha value is -3.54. The van der Waals surface area contributed by atoms with Gasteiger partial charge >= 0.3 is 57.9 Å². The number of anilines is 2. The number of carbonyl (C=O) groups is 5. The van der Waals surface area contributed by atoms with Crippen molar-refractivity contribution >= 4 is 77.7 Å². The Bertz CT molecular complexity index is 1740. The monoisotopic (exact) mass is 866 g/mol. The number of carboxylic acid groups (broad SMARTS) is 2. The number of amides is 3. The minimum absolute atomic E-state index is 0. The quantitative estimate of drug-likeness (QED) is 0.0298. The Labute approximate surface area is 346 Å². The number of aromatic nitrogens is 4. The molecule has 0 fully saturated rings. The van der Waals surface area contributed by atoms with Crippen LogP contribution < -0.4 is 67.2 Å². The summed E-state index contributed by atoms with van der Waals surface area (Å²) in [5.41, 5.74) is 6.37. The summed E-state index contributed by atoms with van der Waals surface area (Å²) in [6.07, 6.45) is 1.03. The molecule has 3 amide bonds. The van der Waals surface area contributed by atoms with Crippen molar-refractivity contribution in [3.8, 4) is 0 Å². The second kappa shape index (κ2) is 25.5. The first-order valence-corrected chi connectivity index (χ1v) is 17.1. The van der Waals surface area contributed by atoms with Crippen molar-refractivity contribution in [2.24, 2.45) is 0 Å². The Morgan fingerprint density at radius 2 is 1.60 bits per heavy atom. The van der Waals surface area contributed by atoms with E-state index in [1.807, 2.05) is 0 Å². The molecule has 1 aromatic carbocycles. The van der Waals surface area contributed by atoms with Gasteiger partial charge in [-0.2, -0.15) is 29.6 Å². The van der Waals surface area contributed by atoms with Crippen molar-refractivity contribution in [3.63, 3.8) is 0 Å². The van der Waals surface area contributed by atoms with E-state index >= 15 is 0 Å². The zero-order valence-electron chi connectivity index (χ0n) is 28.2. The predicted octanol–water partition coefficient (Wildman–Crippen LogP) is -5.69. The summed E-state index contributed by atoms with van der Waals surface area (Å²) in [4.78, 5) is 86.6. The number of fused-ring (bicyclic) bond motifs is 1. The van der Waals surface area contributed by atoms with Crippen molar-refractivity contribution in [2.75, 3.05) is 48.7 Å². The van der Waals surface area contributed by atoms with Crippen LogP contribution in [0.1, 0.15) is 28.9 Å². The van der Waals surface area contributed by atoms with Crippen LogP contribution in [0.15, 0.2) is 35.3 Å². The van der Waals surface area contributed by atoms with Gasteiger partial charge in [-0.05, 0) is 30.7 Å². The molecule has 8 N–H and O–H groups in total. The molecule has 0 radical (unpaired) electrons. The molecule has 0 spiro atoms. The molecule has 0 aliphatic rings. The van der Waals surface area contributed by atoms with Crippen LogP contribution >= 0.6 is 0 Å². The first kappa shape index (κ1) is 47.5. The van der Waals surface area contributed by atoms with Gasteiger partial charge in [0.15, 0.2) is 11.2 Å². The number of nitrogen functional groups attached to an aromatic ring is 1. The van der Waals surface area contributed by atoms with Gasteiger partial charge in [0.2, 0.25) is 17.8 Å². The molecule has 0 aliphatic heterocycles. The molecule has 0 aliphatic carbocycles. The molecule has 0 saturated heterocycles. The summed E-state index contributed by atoms with van der Waals surface area (Å²) < 4.78 is 8.22. The molecule has 0 unspecified atom stereocenters. The van der Waals surface area contributed by atoms with Crippen molar-refractivity contribution in [1.82, 2.24) is 35.9 Å². The number of carboxylic acids is 2. The van der Waals surface area contributed by atoms with Crippen LogP contribution in [-0.2, 0) is 73.3 Å². The minimum atomic E-state index is -1.38. The standard InChI is InChI=1S/C29H37N11O8S2.Na.O.Tc/c30-29-39-23-22(26(44)40-29)37-17(12-36-23)11-35-16-3-1-15(2-4-16)24(42)38-18(27(45)46)5-6-21(41)33-9-10-34-25(43)19(13-49)31-7-8-32-20(14-50)28(47)48;;;/h1-4,12,18-20,35,49-50H,5-11,13-14H2,(H,33,41)(H,34,43)(H,38,42)(H,45,46)(H,47,48)(H3,30,36,39,40,44);;;/q-2;+1;;+5/p-3/t18-,19-,20-;;;/m0.../s1/i;;;1+1. The molecule has 3 aromatic rings. The van der Waals surface area contributed by atoms with Crippen molar-refractivity contribution in [2.45, 2.75) is 37.5 Å². The van der Waals surface area contributed by atoms with E-state index in [0.29, 0.717) is 11.4 Å². The van der Waals surface area contributed by atoms with Crippen LogP contribution in [-0.4, -0.2) is 111 Å². The number of nitrogens with two attached hydrogens (primary N) is 1. The summed E-state index contributed by atoms with van der Waals surface area (Å²) in [5.74, 6) is -4.56. The van der Waals surface area contributed by atoms with E-state index in [4.69, 9.17) is 34.5 Å². The van der Waals surface area contributed by atoms with E-state index in [-0.39, 0.29) is 109 Å². The van der Waals surface area contributed by atoms with E-state index in [1.54, 1.807) is 12.1 Å². The zero-order chi connectivity index (χ0) is 38.6. The molecule has 278 valence electrons. The first-order chi connectivity index (χ1) is 24.9. The fourth-order valence-electron chi connectivity index (χ4n) is 4.19. The Morgan fingerprint density at radius 3 is 2.21 bits per heavy atom. The molecule has 2 aromatic heterocycles. The number of nitrogens with zero attached hydrogens (tertiary/aromatic N) is 5. The molecular formula is C29H34N11NaO9S2Tc+. The number of hydrogen-bond donors (Lipinski definition) is 7. The molecule has 24 heteroatoms. The molecular weight excluding hydrogens is 832 g/mol. The third-order valence-electron chi connectivity index (χ3n) is 6.81. The normalized spacial score (nSPS) is 12.2. The van der Waals surface area contributed by atoms with Gasteiger partial charge in [-0.25, -0.2) is 14.8 Å². The average molecular weight is 867 g/mol. The van der Waals surface area contributed by atoms with Gasteiger partial charge in [0.25, 0.3) is 11.5 Å². The fourth-order valence-corrected chi connectivity index (χ4v) is 4.69. The summed E-state index contributed by atoms with van der Waals surface area (Å²) in [5, 5.41) is 39.0. The molecule has 53 heavy (non-hydrogen) atoms. The number of nitrogens with one attached hydrogen (secondary N) is 5. The maximum absolute atomic E-state index is 12.7. The molecule has 2 heterocycles. The molecule has 20 nitrogen and oxygen atoms in total. The van der Waals surface area contributed by atoms with Crippen LogP contribution in [0.4, 0.5) is 11.6 Å². The number of benzene rings is 1. The van der Waals surface area contributed by atoms with Crippen LogP contribution in [0.25, 0.3) is 21.8 Å². The number of aliphatic carboxylic acids is 2. The average Bonchev–Trinajstić information content (AvgIpc) is 3.13. The second-order valence-corrected chi connectivity index (χ2v) is 11.1. The van der Waals surface area contributed by atoms with Gasteiger partial charge in [0.05, 0.1) is 18.4 Å². The number of hydrogen-bond acceptors (Lipinski definition) is 15. The summed E-state index contributed by atoms with van der Waals surface area (Å²) in [6.45, 7) is 0.390. The molecule has 3 atom stereocenters. The van der Waals surface area contributed by atoms with E-state index in [2.05, 4.69) is 51.8 Å². The van der Waals surface area contributed by atoms with E-state index in [1.165, 1.54) is 18.3 Å². The summed E-state index contributed by atoms with van der Waals surface area (Å²) >= 11 is 10.5. The summed E-state index contributed by atoms with van der Waals surface area (Å²) in [6, 6.07) is 2.82. The SMILES string of the molecule is Nc1nc2ncc(CNc3ccc(C(=O)N[C@@H](CCC(=O)NCCNC(=O)[C@H](C[S-])[N-]CC[N-][C@@H](C[S-])C(=O)[O-])C(=O)O)cc3)nc2c(=O)[nH]1.[Na+].[O]=[99Tc+5]. The first-order valence-electron chi connectivity index (χ1n) is 15.2. The second-order valence-electron chi connectivity index (χ2n) is 10.5. The Balaban J connectivity index is 0.00000460. The maximum atomic E-state index is 12.7. The molecule has 0 bridgehead atoms. The third-order valence-corrected chi connectivity index (χ3v) is 7.44. The van der Waals surface area contributed by atoms with Crippen LogP contribution in [0.2, 0.25) is 0 Å². The van der Waals surface area contributed by atoms with E-state index in [0.717, 1.165) is 18.9 Å². The summed E-state index contributed by atoms with van der Waals surface area (Å²) in [7, 11) is 0. The molecule has 3 rings (SSSR count). The fraction of sp³-hybridized carbons (Fsp3) is 0.414. The van der Waals surface area contributed by atoms with Gasteiger partial charge in [-0.1, -0.05) is 6.04 Å². The van der Waals surface area contributed by atoms with Crippen LogP contribution in [0, 0.1) is 0 Å². The van der Waals surface area contributed by atoms with Gasteiger partial charge < -0.3 is 77.9 Å².